The fourth-order valence-electron chi connectivity index (χ4n) is 1.86. The molecule has 2 N–H and O–H groups in total. The molecule has 1 saturated heterocycles. The molecule has 0 bridgehead atoms. The zero-order chi connectivity index (χ0) is 13.5. The molecule has 104 valence electrons. The smallest absolute Gasteiger partial charge is 0.339 e. The number of hydrazine groups is 1. The van der Waals surface area contributed by atoms with Gasteiger partial charge in [-0.1, -0.05) is 12.1 Å². The Hall–Kier alpha value is -1.63. The van der Waals surface area contributed by atoms with E-state index in [1.807, 2.05) is 0 Å². The van der Waals surface area contributed by atoms with Gasteiger partial charge in [0.2, 0.25) is 0 Å². The highest BCUT2D eigenvalue weighted by Gasteiger charge is 2.11. The first-order valence-corrected chi connectivity index (χ1v) is 6.28. The lowest BCUT2D eigenvalue weighted by Crippen LogP contribution is -2.47. The van der Waals surface area contributed by atoms with Gasteiger partial charge in [0.05, 0.1) is 13.2 Å². The van der Waals surface area contributed by atoms with Crippen molar-refractivity contribution < 1.29 is 19.4 Å². The molecule has 0 saturated carbocycles. The SMILES string of the molecule is O=C(O)c1ccccc1OCCNN1CCOCC1. The molecule has 6 heteroatoms. The van der Waals surface area contributed by atoms with Gasteiger partial charge in [-0.15, -0.1) is 0 Å². The normalized spacial score (nSPS) is 16.2. The molecule has 1 aliphatic heterocycles. The van der Waals surface area contributed by atoms with Crippen molar-refractivity contribution in [3.05, 3.63) is 29.8 Å². The second-order valence-electron chi connectivity index (χ2n) is 4.16. The number of nitrogens with one attached hydrogen (secondary N) is 1. The minimum atomic E-state index is -0.975. The number of hydrogen-bond acceptors (Lipinski definition) is 5. The monoisotopic (exact) mass is 266 g/mol. The third-order valence-corrected chi connectivity index (χ3v) is 2.82. The molecule has 1 fully saturated rings. The number of nitrogens with zero attached hydrogens (tertiary/aromatic N) is 1. The summed E-state index contributed by atoms with van der Waals surface area (Å²) in [5, 5.41) is 11.1. The number of morpholine rings is 1. The molecule has 19 heavy (non-hydrogen) atoms. The standard InChI is InChI=1S/C13H18N2O4/c16-13(17)11-3-1-2-4-12(11)19-8-5-14-15-6-9-18-10-7-15/h1-4,14H,5-10H2,(H,16,17). The summed E-state index contributed by atoms with van der Waals surface area (Å²) < 4.78 is 10.7. The van der Waals surface area contributed by atoms with Crippen LogP contribution < -0.4 is 10.2 Å². The van der Waals surface area contributed by atoms with Crippen LogP contribution in [0.2, 0.25) is 0 Å². The summed E-state index contributed by atoms with van der Waals surface area (Å²) >= 11 is 0. The van der Waals surface area contributed by atoms with Crippen molar-refractivity contribution >= 4 is 5.97 Å². The Bertz CT molecular complexity index is 419. The Morgan fingerprint density at radius 3 is 2.84 bits per heavy atom. The van der Waals surface area contributed by atoms with E-state index in [2.05, 4.69) is 10.4 Å². The maximum Gasteiger partial charge on any atom is 0.339 e. The second-order valence-corrected chi connectivity index (χ2v) is 4.16. The predicted octanol–water partition coefficient (Wildman–Crippen LogP) is 0.600. The Morgan fingerprint density at radius 1 is 1.37 bits per heavy atom. The molecule has 1 aromatic rings. The van der Waals surface area contributed by atoms with Gasteiger partial charge in [0.1, 0.15) is 17.9 Å². The Labute approximate surface area is 111 Å². The topological polar surface area (TPSA) is 71.0 Å². The molecule has 0 aromatic heterocycles. The van der Waals surface area contributed by atoms with Gasteiger partial charge in [-0.2, -0.15) is 0 Å². The molecule has 0 atom stereocenters. The molecule has 0 spiro atoms. The summed E-state index contributed by atoms with van der Waals surface area (Å²) in [6, 6.07) is 6.64. The van der Waals surface area contributed by atoms with Crippen molar-refractivity contribution in [2.45, 2.75) is 0 Å². The number of carbonyl (C=O) groups is 1. The summed E-state index contributed by atoms with van der Waals surface area (Å²) in [6.45, 7) is 4.22. The van der Waals surface area contributed by atoms with E-state index in [9.17, 15) is 4.79 Å². The molecule has 1 aromatic carbocycles. The van der Waals surface area contributed by atoms with Crippen molar-refractivity contribution in [3.8, 4) is 5.75 Å². The minimum Gasteiger partial charge on any atom is -0.491 e. The van der Waals surface area contributed by atoms with Crippen LogP contribution in [0.15, 0.2) is 24.3 Å². The van der Waals surface area contributed by atoms with E-state index in [-0.39, 0.29) is 5.56 Å². The van der Waals surface area contributed by atoms with Crippen LogP contribution in [0, 0.1) is 0 Å². The van der Waals surface area contributed by atoms with E-state index in [1.54, 1.807) is 18.2 Å². The van der Waals surface area contributed by atoms with Crippen LogP contribution in [0.3, 0.4) is 0 Å². The number of ether oxygens (including phenoxy) is 2. The van der Waals surface area contributed by atoms with Crippen molar-refractivity contribution in [3.63, 3.8) is 0 Å². The molecular weight excluding hydrogens is 248 g/mol. The lowest BCUT2D eigenvalue weighted by molar-refractivity contribution is 0.0100. The van der Waals surface area contributed by atoms with E-state index in [1.165, 1.54) is 6.07 Å². The molecule has 1 heterocycles. The van der Waals surface area contributed by atoms with E-state index >= 15 is 0 Å². The molecule has 1 aliphatic rings. The maximum absolute atomic E-state index is 11.0. The van der Waals surface area contributed by atoms with Crippen molar-refractivity contribution in [2.24, 2.45) is 0 Å². The lowest BCUT2D eigenvalue weighted by atomic mass is 10.2. The summed E-state index contributed by atoms with van der Waals surface area (Å²) in [7, 11) is 0. The number of hydrogen-bond donors (Lipinski definition) is 2. The first kappa shape index (κ1) is 13.8. The second kappa shape index (κ2) is 7.08. The summed E-state index contributed by atoms with van der Waals surface area (Å²) in [6.07, 6.45) is 0. The summed E-state index contributed by atoms with van der Waals surface area (Å²) in [5.41, 5.74) is 3.41. The number of para-hydroxylation sites is 1. The Kier molecular flexibility index (Phi) is 5.14. The minimum absolute atomic E-state index is 0.189. The molecular formula is C13H18N2O4. The highest BCUT2D eigenvalue weighted by Crippen LogP contribution is 2.17. The highest BCUT2D eigenvalue weighted by molar-refractivity contribution is 5.90. The molecule has 0 aliphatic carbocycles. The summed E-state index contributed by atoms with van der Waals surface area (Å²) in [5.74, 6) is -0.574. The molecule has 0 unspecified atom stereocenters. The summed E-state index contributed by atoms with van der Waals surface area (Å²) in [4.78, 5) is 11.0. The van der Waals surface area contributed by atoms with E-state index in [0.29, 0.717) is 18.9 Å². The van der Waals surface area contributed by atoms with Gasteiger partial charge < -0.3 is 14.6 Å². The van der Waals surface area contributed by atoms with Crippen molar-refractivity contribution in [2.75, 3.05) is 39.5 Å². The Morgan fingerprint density at radius 2 is 2.11 bits per heavy atom. The van der Waals surface area contributed by atoms with Crippen LogP contribution in [0.1, 0.15) is 10.4 Å². The van der Waals surface area contributed by atoms with Gasteiger partial charge in [-0.3, -0.25) is 5.43 Å². The van der Waals surface area contributed by atoms with Crippen LogP contribution in [0.4, 0.5) is 0 Å². The quantitative estimate of drug-likeness (QED) is 0.735. The zero-order valence-electron chi connectivity index (χ0n) is 10.7. The van der Waals surface area contributed by atoms with Crippen LogP contribution in [-0.2, 0) is 4.74 Å². The van der Waals surface area contributed by atoms with E-state index in [0.717, 1.165) is 26.3 Å². The molecule has 6 nitrogen and oxygen atoms in total. The van der Waals surface area contributed by atoms with Crippen LogP contribution in [0.25, 0.3) is 0 Å². The van der Waals surface area contributed by atoms with Gasteiger partial charge in [0.15, 0.2) is 0 Å². The number of rotatable bonds is 6. The average Bonchev–Trinajstić information content (AvgIpc) is 2.45. The largest absolute Gasteiger partial charge is 0.491 e. The van der Waals surface area contributed by atoms with Gasteiger partial charge in [-0.25, -0.2) is 9.80 Å². The van der Waals surface area contributed by atoms with E-state index in [4.69, 9.17) is 14.6 Å². The number of carboxylic acids is 1. The van der Waals surface area contributed by atoms with Gasteiger partial charge >= 0.3 is 5.97 Å². The fraction of sp³-hybridized carbons (Fsp3) is 0.462. The molecule has 0 amide bonds. The number of aromatic carboxylic acids is 1. The van der Waals surface area contributed by atoms with Crippen LogP contribution >= 0.6 is 0 Å². The number of carboxylic acid groups (broad SMARTS) is 1. The van der Waals surface area contributed by atoms with Crippen molar-refractivity contribution in [1.82, 2.24) is 10.4 Å². The Balaban J connectivity index is 1.74. The number of benzene rings is 1. The first-order chi connectivity index (χ1) is 9.27. The molecule has 2 rings (SSSR count). The zero-order valence-corrected chi connectivity index (χ0v) is 10.7. The first-order valence-electron chi connectivity index (χ1n) is 6.28. The highest BCUT2D eigenvalue weighted by atomic mass is 16.5. The van der Waals surface area contributed by atoms with Crippen molar-refractivity contribution in [1.29, 1.82) is 0 Å². The third kappa shape index (κ3) is 4.20. The maximum atomic E-state index is 11.0. The van der Waals surface area contributed by atoms with Gasteiger partial charge in [0.25, 0.3) is 0 Å². The lowest BCUT2D eigenvalue weighted by Gasteiger charge is -2.27. The predicted molar refractivity (Wildman–Crippen MR) is 69.3 cm³/mol. The van der Waals surface area contributed by atoms with Gasteiger partial charge in [-0.05, 0) is 12.1 Å². The van der Waals surface area contributed by atoms with Crippen LogP contribution in [0.5, 0.6) is 5.75 Å². The van der Waals surface area contributed by atoms with Crippen LogP contribution in [-0.4, -0.2) is 55.5 Å². The third-order valence-electron chi connectivity index (χ3n) is 2.82. The molecule has 0 radical (unpaired) electrons. The fourth-order valence-corrected chi connectivity index (χ4v) is 1.86. The van der Waals surface area contributed by atoms with E-state index < -0.39 is 5.97 Å². The van der Waals surface area contributed by atoms with Gasteiger partial charge in [0, 0.05) is 19.6 Å². The average molecular weight is 266 g/mol.